The molecule has 1 aromatic carbocycles. The van der Waals surface area contributed by atoms with Crippen LogP contribution in [0.4, 0.5) is 0 Å². The van der Waals surface area contributed by atoms with Crippen LogP contribution in [0.2, 0.25) is 0 Å². The number of aryl methyl sites for hydroxylation is 2. The summed E-state index contributed by atoms with van der Waals surface area (Å²) in [6.07, 6.45) is 4.54. The van der Waals surface area contributed by atoms with Gasteiger partial charge in [0.05, 0.1) is 10.5 Å². The second kappa shape index (κ2) is 9.09. The molecule has 0 aliphatic carbocycles. The Morgan fingerprint density at radius 3 is 2.38 bits per heavy atom. The van der Waals surface area contributed by atoms with Crippen LogP contribution in [0.1, 0.15) is 28.8 Å². The van der Waals surface area contributed by atoms with Gasteiger partial charge in [0.15, 0.2) is 0 Å². The summed E-state index contributed by atoms with van der Waals surface area (Å²) < 4.78 is 28.8. The lowest BCUT2D eigenvalue weighted by atomic mass is 10.0. The van der Waals surface area contributed by atoms with E-state index in [-0.39, 0.29) is 34.8 Å². The summed E-state index contributed by atoms with van der Waals surface area (Å²) in [6, 6.07) is 8.08. The van der Waals surface area contributed by atoms with E-state index in [9.17, 15) is 18.0 Å². The fraction of sp³-hybridized carbons (Fsp3) is 0.364. The number of nitrogens with zero attached hydrogens (tertiary/aromatic N) is 3. The highest BCUT2D eigenvalue weighted by molar-refractivity contribution is 7.90. The molecule has 1 amide bonds. The van der Waals surface area contributed by atoms with Crippen molar-refractivity contribution in [3.8, 4) is 0 Å². The molecule has 0 spiro atoms. The number of carbonyl (C=O) groups excluding carboxylic acids is 1. The van der Waals surface area contributed by atoms with Crippen molar-refractivity contribution in [2.45, 2.75) is 30.7 Å². The Morgan fingerprint density at radius 1 is 1.12 bits per heavy atom. The van der Waals surface area contributed by atoms with Crippen molar-refractivity contribution in [1.29, 1.82) is 0 Å². The molecule has 0 unspecified atom stereocenters. The van der Waals surface area contributed by atoms with E-state index < -0.39 is 15.6 Å². The molecule has 4 rings (SSSR count). The summed E-state index contributed by atoms with van der Waals surface area (Å²) in [4.78, 5) is 28.0. The molecular formula is C22H27ClN4O4S. The Hall–Kier alpha value is -2.62. The monoisotopic (exact) mass is 478 g/mol. The molecule has 1 N–H and O–H groups in total. The quantitative estimate of drug-likeness (QED) is 0.620. The summed E-state index contributed by atoms with van der Waals surface area (Å²) >= 11 is 0. The number of halogens is 1. The highest BCUT2D eigenvalue weighted by Gasteiger charge is 2.28. The Labute approximate surface area is 193 Å². The van der Waals surface area contributed by atoms with Crippen LogP contribution in [0.5, 0.6) is 0 Å². The van der Waals surface area contributed by atoms with Crippen LogP contribution in [0.25, 0.3) is 10.9 Å². The molecule has 172 valence electrons. The van der Waals surface area contributed by atoms with Crippen molar-refractivity contribution in [3.63, 3.8) is 0 Å². The van der Waals surface area contributed by atoms with Crippen molar-refractivity contribution >= 4 is 39.2 Å². The zero-order valence-electron chi connectivity index (χ0n) is 18.2. The highest BCUT2D eigenvalue weighted by Crippen LogP contribution is 2.24. The number of benzene rings is 1. The fourth-order valence-corrected chi connectivity index (χ4v) is 5.42. The van der Waals surface area contributed by atoms with Gasteiger partial charge in [0.1, 0.15) is 5.52 Å². The summed E-state index contributed by atoms with van der Waals surface area (Å²) in [6.45, 7) is 3.56. The molecule has 1 aliphatic rings. The van der Waals surface area contributed by atoms with Gasteiger partial charge in [-0.05, 0) is 51.1 Å². The molecule has 1 aliphatic heterocycles. The summed E-state index contributed by atoms with van der Waals surface area (Å²) in [5.41, 5.74) is 0.751. The van der Waals surface area contributed by atoms with E-state index in [1.165, 1.54) is 42.2 Å². The Balaban J connectivity index is 0.00000289. The standard InChI is InChI=1S/C22H26N4O4S.ClH/c1-15-4-6-17(7-5-15)31(29,30)26-13-10-18-19(14-24(2)22(28)20(18)26)21(27)25(3)16-8-11-23-12-9-16;/h4-7,10,13-14,16,23H,8-9,11-12H2,1-3H3;1H. The molecule has 10 heteroatoms. The summed E-state index contributed by atoms with van der Waals surface area (Å²) in [7, 11) is -0.705. The van der Waals surface area contributed by atoms with Crippen LogP contribution in [0.15, 0.2) is 52.4 Å². The van der Waals surface area contributed by atoms with Crippen LogP contribution < -0.4 is 10.9 Å². The molecule has 0 atom stereocenters. The van der Waals surface area contributed by atoms with Gasteiger partial charge in [-0.15, -0.1) is 12.4 Å². The minimum atomic E-state index is -3.99. The average molecular weight is 479 g/mol. The number of hydrogen-bond acceptors (Lipinski definition) is 5. The number of piperidine rings is 1. The number of fused-ring (bicyclic) bond motifs is 1. The van der Waals surface area contributed by atoms with Crippen LogP contribution >= 0.6 is 12.4 Å². The highest BCUT2D eigenvalue weighted by atomic mass is 35.5. The van der Waals surface area contributed by atoms with E-state index in [1.807, 2.05) is 6.92 Å². The number of nitrogens with one attached hydrogen (secondary N) is 1. The number of pyridine rings is 1. The molecule has 3 heterocycles. The van der Waals surface area contributed by atoms with Gasteiger partial charge in [-0.3, -0.25) is 9.59 Å². The van der Waals surface area contributed by atoms with Crippen molar-refractivity contribution in [3.05, 3.63) is 64.2 Å². The van der Waals surface area contributed by atoms with E-state index >= 15 is 0 Å². The minimum absolute atomic E-state index is 0. The predicted molar refractivity (Wildman–Crippen MR) is 126 cm³/mol. The second-order valence-corrected chi connectivity index (χ2v) is 9.86. The largest absolute Gasteiger partial charge is 0.339 e. The lowest BCUT2D eigenvalue weighted by molar-refractivity contribution is 0.0704. The molecule has 0 saturated carbocycles. The van der Waals surface area contributed by atoms with E-state index in [0.29, 0.717) is 10.9 Å². The third kappa shape index (κ3) is 4.07. The van der Waals surface area contributed by atoms with E-state index in [0.717, 1.165) is 35.5 Å². The third-order valence-corrected chi connectivity index (χ3v) is 7.66. The SMILES string of the molecule is Cc1ccc(S(=O)(=O)n2ccc3c(C(=O)N(C)C4CCNCC4)cn(C)c(=O)c32)cc1.Cl. The number of hydrogen-bond donors (Lipinski definition) is 1. The molecule has 8 nitrogen and oxygen atoms in total. The van der Waals surface area contributed by atoms with Crippen molar-refractivity contribution < 1.29 is 13.2 Å². The van der Waals surface area contributed by atoms with Crippen molar-refractivity contribution in [1.82, 2.24) is 18.8 Å². The van der Waals surface area contributed by atoms with Crippen LogP contribution in [-0.4, -0.2) is 53.9 Å². The molecule has 0 bridgehead atoms. The lowest BCUT2D eigenvalue weighted by Gasteiger charge is -2.31. The topological polar surface area (TPSA) is 93.4 Å². The Kier molecular flexibility index (Phi) is 6.83. The van der Waals surface area contributed by atoms with Crippen LogP contribution in [0, 0.1) is 6.92 Å². The van der Waals surface area contributed by atoms with Crippen LogP contribution in [-0.2, 0) is 17.1 Å². The van der Waals surface area contributed by atoms with Gasteiger partial charge in [0, 0.05) is 37.9 Å². The second-order valence-electron chi connectivity index (χ2n) is 8.05. The smallest absolute Gasteiger partial charge is 0.275 e. The lowest BCUT2D eigenvalue weighted by Crippen LogP contribution is -2.44. The number of carbonyl (C=O) groups is 1. The number of rotatable bonds is 4. The van der Waals surface area contributed by atoms with Crippen LogP contribution in [0.3, 0.4) is 0 Å². The fourth-order valence-electron chi connectivity index (χ4n) is 4.07. The molecule has 1 fully saturated rings. The maximum Gasteiger partial charge on any atom is 0.275 e. The molecule has 1 saturated heterocycles. The molecule has 2 aromatic heterocycles. The van der Waals surface area contributed by atoms with Crippen molar-refractivity contribution in [2.24, 2.45) is 7.05 Å². The zero-order chi connectivity index (χ0) is 22.3. The van der Waals surface area contributed by atoms with Gasteiger partial charge in [-0.2, -0.15) is 0 Å². The van der Waals surface area contributed by atoms with Gasteiger partial charge < -0.3 is 14.8 Å². The zero-order valence-corrected chi connectivity index (χ0v) is 19.9. The summed E-state index contributed by atoms with van der Waals surface area (Å²) in [5.74, 6) is -0.224. The Morgan fingerprint density at radius 2 is 1.75 bits per heavy atom. The van der Waals surface area contributed by atoms with E-state index in [2.05, 4.69) is 5.32 Å². The number of amides is 1. The first kappa shape index (κ1) is 24.0. The predicted octanol–water partition coefficient (Wildman–Crippen LogP) is 2.13. The molecule has 0 radical (unpaired) electrons. The molecule has 32 heavy (non-hydrogen) atoms. The minimum Gasteiger partial charge on any atom is -0.339 e. The van der Waals surface area contributed by atoms with Gasteiger partial charge in [-0.25, -0.2) is 12.4 Å². The van der Waals surface area contributed by atoms with E-state index in [1.54, 1.807) is 24.1 Å². The van der Waals surface area contributed by atoms with Gasteiger partial charge in [0.25, 0.3) is 21.5 Å². The first-order valence-electron chi connectivity index (χ1n) is 10.2. The first-order chi connectivity index (χ1) is 14.7. The molecular weight excluding hydrogens is 452 g/mol. The van der Waals surface area contributed by atoms with E-state index in [4.69, 9.17) is 0 Å². The summed E-state index contributed by atoms with van der Waals surface area (Å²) in [5, 5.41) is 3.62. The normalized spacial score (nSPS) is 14.8. The maximum atomic E-state index is 13.3. The van der Waals surface area contributed by atoms with Crippen molar-refractivity contribution in [2.75, 3.05) is 20.1 Å². The maximum absolute atomic E-state index is 13.3. The third-order valence-electron chi connectivity index (χ3n) is 5.97. The number of aromatic nitrogens is 2. The average Bonchev–Trinajstić information content (AvgIpc) is 3.22. The van der Waals surface area contributed by atoms with Gasteiger partial charge >= 0.3 is 0 Å². The Bertz CT molecular complexity index is 1310. The van der Waals surface area contributed by atoms with Gasteiger partial charge in [0.2, 0.25) is 0 Å². The molecule has 3 aromatic rings. The first-order valence-corrected chi connectivity index (χ1v) is 11.7. The van der Waals surface area contributed by atoms with Gasteiger partial charge in [-0.1, -0.05) is 17.7 Å².